The molecular weight excluding hydrogens is 623 g/mol. The van der Waals surface area contributed by atoms with Crippen LogP contribution in [-0.4, -0.2) is 59.0 Å². The van der Waals surface area contributed by atoms with E-state index in [9.17, 15) is 33.9 Å². The minimum atomic E-state index is -2.11. The molecule has 0 aliphatic heterocycles. The summed E-state index contributed by atoms with van der Waals surface area (Å²) in [6, 6.07) is 12.0. The zero-order chi connectivity index (χ0) is 34.9. The lowest BCUT2D eigenvalue weighted by Crippen LogP contribution is -2.70. The predicted molar refractivity (Wildman–Crippen MR) is 177 cm³/mol. The number of amides is 3. The van der Waals surface area contributed by atoms with E-state index in [0.29, 0.717) is 28.1 Å². The number of aliphatic hydroxyl groups excluding tert-OH is 1. The first-order valence-corrected chi connectivity index (χ1v) is 15.7. The maximum atomic E-state index is 14.6. The van der Waals surface area contributed by atoms with Crippen LogP contribution in [0.15, 0.2) is 60.3 Å². The van der Waals surface area contributed by atoms with Gasteiger partial charge < -0.3 is 20.6 Å². The van der Waals surface area contributed by atoms with E-state index >= 15 is 0 Å². The highest BCUT2D eigenvalue weighted by Gasteiger charge is 2.41. The minimum absolute atomic E-state index is 0.0188. The number of aryl methyl sites for hydroxylation is 2. The molecule has 1 heterocycles. The van der Waals surface area contributed by atoms with E-state index in [1.807, 2.05) is 19.9 Å². The monoisotopic (exact) mass is 662 g/mol. The second-order valence-electron chi connectivity index (χ2n) is 11.5. The molecule has 0 radical (unpaired) electrons. The molecule has 3 rings (SSSR count). The molecule has 0 aliphatic rings. The van der Waals surface area contributed by atoms with Crippen LogP contribution in [0.25, 0.3) is 0 Å². The molecule has 13 heteroatoms. The highest BCUT2D eigenvalue weighted by molar-refractivity contribution is 7.13. The molecule has 0 fully saturated rings. The first kappa shape index (κ1) is 36.7. The summed E-state index contributed by atoms with van der Waals surface area (Å²) in [7, 11) is 1.52. The maximum absolute atomic E-state index is 14.6. The Morgan fingerprint density at radius 1 is 1.17 bits per heavy atom. The van der Waals surface area contributed by atoms with Gasteiger partial charge in [0.2, 0.25) is 5.91 Å². The lowest BCUT2D eigenvalue weighted by molar-refractivity contribution is -0.126. The molecule has 0 aliphatic carbocycles. The van der Waals surface area contributed by atoms with Crippen molar-refractivity contribution in [3.63, 3.8) is 0 Å². The summed E-state index contributed by atoms with van der Waals surface area (Å²) < 4.78 is 14.6. The number of carbonyl (C=O) groups excluding carboxylic acids is 4. The summed E-state index contributed by atoms with van der Waals surface area (Å²) in [5.41, 5.74) is -0.212. The maximum Gasteiger partial charge on any atom is 0.268 e. The number of rotatable bonds is 14. The summed E-state index contributed by atoms with van der Waals surface area (Å²) in [5.74, 6) is -2.39. The van der Waals surface area contributed by atoms with E-state index in [4.69, 9.17) is 0 Å². The Kier molecular flexibility index (Phi) is 12.6. The Morgan fingerprint density at radius 3 is 2.47 bits per heavy atom. The zero-order valence-corrected chi connectivity index (χ0v) is 27.9. The number of benzene rings is 2. The molecule has 0 bridgehead atoms. The molecule has 0 saturated heterocycles. The summed E-state index contributed by atoms with van der Waals surface area (Å²) in [4.78, 5) is 58.0. The van der Waals surface area contributed by atoms with E-state index in [2.05, 4.69) is 20.9 Å². The molecule has 0 spiro atoms. The highest BCUT2D eigenvalue weighted by atomic mass is 32.1. The molecule has 3 atom stereocenters. The van der Waals surface area contributed by atoms with Crippen LogP contribution in [-0.2, 0) is 27.3 Å². The fourth-order valence-corrected chi connectivity index (χ4v) is 5.33. The van der Waals surface area contributed by atoms with E-state index in [1.54, 1.807) is 56.3 Å². The number of nitrogens with one attached hydrogen (secondary N) is 3. The molecule has 11 nitrogen and oxygen atoms in total. The number of aliphatic hydroxyl groups is 1. The molecule has 1 aromatic heterocycles. The number of aromatic nitrogens is 1. The number of aldehydes is 1. The number of allylic oxidation sites excluding steroid dienone is 1. The lowest BCUT2D eigenvalue weighted by atomic mass is 9.98. The van der Waals surface area contributed by atoms with E-state index < -0.39 is 41.3 Å². The summed E-state index contributed by atoms with van der Waals surface area (Å²) >= 11 is 1.09. The first-order valence-electron chi connectivity index (χ1n) is 14.9. The molecule has 3 amide bonds. The number of thiazole rings is 1. The van der Waals surface area contributed by atoms with Gasteiger partial charge in [0.05, 0.1) is 23.4 Å². The Balaban J connectivity index is 1.97. The smallest absolute Gasteiger partial charge is 0.268 e. The summed E-state index contributed by atoms with van der Waals surface area (Å²) in [5, 5.41) is 29.0. The van der Waals surface area contributed by atoms with Crippen molar-refractivity contribution in [2.75, 3.05) is 11.9 Å². The topological polar surface area (TPSA) is 165 Å². The van der Waals surface area contributed by atoms with Gasteiger partial charge in [-0.2, -0.15) is 5.26 Å². The molecule has 3 aromatic rings. The van der Waals surface area contributed by atoms with Crippen LogP contribution in [0.2, 0.25) is 0 Å². The fraction of sp³-hybridized carbons (Fsp3) is 0.353. The number of likely N-dealkylation sites (N-methyl/N-ethyl adjacent to an activating group) is 1. The number of carbonyl (C=O) groups is 4. The molecule has 2 aromatic carbocycles. The molecule has 0 saturated carbocycles. The molecular formula is C34H39FN6O5S. The SMILES string of the molecule is Cc1ccc(CNC(=O)[C@H](Cc2cccc(N(C)C(=O)C(C#N)=CC(C)C)c2)N[C@](C=O)(NC(=O)c2cnc(C)s2)[C@@H](C)O)c(F)c1. The van der Waals surface area contributed by atoms with Gasteiger partial charge in [-0.3, -0.25) is 24.5 Å². The van der Waals surface area contributed by atoms with Crippen molar-refractivity contribution >= 4 is 41.0 Å². The summed E-state index contributed by atoms with van der Waals surface area (Å²) in [6.07, 6.45) is 1.64. The molecule has 0 unspecified atom stereocenters. The van der Waals surface area contributed by atoms with Gasteiger partial charge in [-0.25, -0.2) is 9.37 Å². The molecule has 248 valence electrons. The quantitative estimate of drug-likeness (QED) is 0.0882. The van der Waals surface area contributed by atoms with Crippen molar-refractivity contribution in [1.29, 1.82) is 5.26 Å². The lowest BCUT2D eigenvalue weighted by Gasteiger charge is -2.36. The number of anilines is 1. The Morgan fingerprint density at radius 2 is 1.89 bits per heavy atom. The summed E-state index contributed by atoms with van der Waals surface area (Å²) in [6.45, 7) is 8.26. The first-order chi connectivity index (χ1) is 22.2. The largest absolute Gasteiger partial charge is 0.389 e. The van der Waals surface area contributed by atoms with Gasteiger partial charge >= 0.3 is 0 Å². The predicted octanol–water partition coefficient (Wildman–Crippen LogP) is 3.49. The normalized spacial score (nSPS) is 14.0. The third-order valence-electron chi connectivity index (χ3n) is 7.29. The Hall–Kier alpha value is -4.77. The van der Waals surface area contributed by atoms with Crippen LogP contribution in [0.4, 0.5) is 10.1 Å². The van der Waals surface area contributed by atoms with Gasteiger partial charge in [0, 0.05) is 24.8 Å². The number of hydrogen-bond donors (Lipinski definition) is 4. The van der Waals surface area contributed by atoms with Crippen molar-refractivity contribution in [3.8, 4) is 6.07 Å². The van der Waals surface area contributed by atoms with Gasteiger partial charge in [-0.15, -0.1) is 11.3 Å². The van der Waals surface area contributed by atoms with Crippen LogP contribution < -0.4 is 20.9 Å². The van der Waals surface area contributed by atoms with E-state index in [0.717, 1.165) is 11.3 Å². The van der Waals surface area contributed by atoms with Gasteiger partial charge in [0.25, 0.3) is 11.8 Å². The third-order valence-corrected chi connectivity index (χ3v) is 8.21. The number of nitrogens with zero attached hydrogens (tertiary/aromatic N) is 3. The number of halogens is 1. The van der Waals surface area contributed by atoms with Crippen LogP contribution in [0, 0.1) is 36.9 Å². The van der Waals surface area contributed by atoms with Crippen LogP contribution in [0.1, 0.15) is 52.1 Å². The standard InChI is InChI=1S/C34H39FN6O5S/c1-20(2)12-26(16-36)33(46)41(6)27-9-7-8-24(14-27)15-29(31(44)38-17-25-11-10-21(3)13-28(25)35)39-34(19-42,22(4)43)40-32(45)30-18-37-23(5)47-30/h7-14,18-20,22,29,39,43H,15,17H2,1-6H3,(H,38,44)(H,40,45)/t22-,29+,34-/m1/s1. The van der Waals surface area contributed by atoms with E-state index in [1.165, 1.54) is 31.1 Å². The Bertz CT molecular complexity index is 1700. The van der Waals surface area contributed by atoms with Crippen LogP contribution in [0.5, 0.6) is 0 Å². The molecule has 4 N–H and O–H groups in total. The fourth-order valence-electron chi connectivity index (χ4n) is 4.65. The second kappa shape index (κ2) is 16.2. The van der Waals surface area contributed by atoms with Crippen LogP contribution >= 0.6 is 11.3 Å². The van der Waals surface area contributed by atoms with Gasteiger partial charge in [0.1, 0.15) is 22.3 Å². The average molecular weight is 663 g/mol. The van der Waals surface area contributed by atoms with E-state index in [-0.39, 0.29) is 34.9 Å². The average Bonchev–Trinajstić information content (AvgIpc) is 3.47. The van der Waals surface area contributed by atoms with Gasteiger partial charge in [-0.1, -0.05) is 44.2 Å². The van der Waals surface area contributed by atoms with Gasteiger partial charge in [-0.05, 0) is 62.4 Å². The van der Waals surface area contributed by atoms with Crippen LogP contribution in [0.3, 0.4) is 0 Å². The Labute approximate surface area is 277 Å². The minimum Gasteiger partial charge on any atom is -0.389 e. The second-order valence-corrected chi connectivity index (χ2v) is 12.8. The van der Waals surface area contributed by atoms with Crippen molar-refractivity contribution < 1.29 is 28.7 Å². The van der Waals surface area contributed by atoms with Crippen molar-refractivity contribution in [3.05, 3.63) is 92.7 Å². The van der Waals surface area contributed by atoms with Crippen molar-refractivity contribution in [2.24, 2.45) is 5.92 Å². The van der Waals surface area contributed by atoms with Crippen molar-refractivity contribution in [2.45, 2.75) is 65.4 Å². The molecule has 47 heavy (non-hydrogen) atoms. The third kappa shape index (κ3) is 9.62. The van der Waals surface area contributed by atoms with Gasteiger partial charge in [0.15, 0.2) is 11.9 Å². The van der Waals surface area contributed by atoms with Crippen molar-refractivity contribution in [1.82, 2.24) is 20.9 Å². The number of nitriles is 1. The number of hydrogen-bond acceptors (Lipinski definition) is 9. The highest BCUT2D eigenvalue weighted by Crippen LogP contribution is 2.21. The zero-order valence-electron chi connectivity index (χ0n) is 27.1.